The Bertz CT molecular complexity index is 423. The van der Waals surface area contributed by atoms with E-state index in [0.717, 1.165) is 0 Å². The van der Waals surface area contributed by atoms with Gasteiger partial charge in [0.25, 0.3) is 5.91 Å². The molecule has 0 spiro atoms. The highest BCUT2D eigenvalue weighted by Crippen LogP contribution is 2.18. The van der Waals surface area contributed by atoms with Gasteiger partial charge in [0, 0.05) is 24.2 Å². The molecule has 0 N–H and O–H groups in total. The van der Waals surface area contributed by atoms with Crippen LogP contribution in [0.25, 0.3) is 0 Å². The third kappa shape index (κ3) is 3.78. The molecule has 5 heteroatoms. The van der Waals surface area contributed by atoms with E-state index in [-0.39, 0.29) is 17.5 Å². The number of hydrogen-bond acceptors (Lipinski definition) is 2. The summed E-state index contributed by atoms with van der Waals surface area (Å²) in [5.74, 6) is -0.827. The fraction of sp³-hybridized carbons (Fsp3) is 0.462. The van der Waals surface area contributed by atoms with Gasteiger partial charge >= 0.3 is 0 Å². The molecule has 0 heterocycles. The van der Waals surface area contributed by atoms with E-state index in [1.54, 1.807) is 18.1 Å². The predicted octanol–water partition coefficient (Wildman–Crippen LogP) is 3.09. The summed E-state index contributed by atoms with van der Waals surface area (Å²) in [7, 11) is 1.57. The number of halogens is 2. The van der Waals surface area contributed by atoms with Gasteiger partial charge in [-0.25, -0.2) is 4.39 Å². The van der Waals surface area contributed by atoms with Gasteiger partial charge in [-0.05, 0) is 32.0 Å². The molecule has 1 rings (SSSR count). The predicted molar refractivity (Wildman–Crippen MR) is 72.1 cm³/mol. The van der Waals surface area contributed by atoms with Gasteiger partial charge in [0.1, 0.15) is 5.82 Å². The van der Waals surface area contributed by atoms with E-state index in [1.807, 2.05) is 13.8 Å². The molecule has 0 fully saturated rings. The number of carbonyl (C=O) groups is 1. The third-order valence-electron chi connectivity index (χ3n) is 2.58. The van der Waals surface area contributed by atoms with Crippen molar-refractivity contribution >= 4 is 21.8 Å². The van der Waals surface area contributed by atoms with Gasteiger partial charge < -0.3 is 9.64 Å². The van der Waals surface area contributed by atoms with E-state index in [9.17, 15) is 9.18 Å². The summed E-state index contributed by atoms with van der Waals surface area (Å²) in [6.07, 6.45) is 0. The van der Waals surface area contributed by atoms with Gasteiger partial charge in [0.15, 0.2) is 0 Å². The fourth-order valence-corrected chi connectivity index (χ4v) is 1.96. The SMILES string of the molecule is COCCN(C(=O)c1cc(Br)ccc1F)C(C)C. The van der Waals surface area contributed by atoms with Crippen molar-refractivity contribution in [2.45, 2.75) is 19.9 Å². The van der Waals surface area contributed by atoms with Gasteiger partial charge in [0.2, 0.25) is 0 Å². The lowest BCUT2D eigenvalue weighted by Gasteiger charge is -2.26. The summed E-state index contributed by atoms with van der Waals surface area (Å²) < 4.78 is 19.3. The molecule has 18 heavy (non-hydrogen) atoms. The molecule has 0 aliphatic carbocycles. The minimum Gasteiger partial charge on any atom is -0.383 e. The second-order valence-electron chi connectivity index (χ2n) is 4.21. The minimum absolute atomic E-state index is 0.00830. The molecule has 0 unspecified atom stereocenters. The molecule has 0 radical (unpaired) electrons. The average molecular weight is 318 g/mol. The second-order valence-corrected chi connectivity index (χ2v) is 5.12. The largest absolute Gasteiger partial charge is 0.383 e. The van der Waals surface area contributed by atoms with Crippen molar-refractivity contribution < 1.29 is 13.9 Å². The normalized spacial score (nSPS) is 10.8. The Hall–Kier alpha value is -0.940. The van der Waals surface area contributed by atoms with E-state index in [2.05, 4.69) is 15.9 Å². The molecule has 0 bridgehead atoms. The molecule has 0 atom stereocenters. The molecular formula is C13H17BrFNO2. The molecule has 3 nitrogen and oxygen atoms in total. The van der Waals surface area contributed by atoms with Gasteiger partial charge in [-0.15, -0.1) is 0 Å². The van der Waals surface area contributed by atoms with Crippen molar-refractivity contribution in [1.29, 1.82) is 0 Å². The number of amides is 1. The molecule has 1 amide bonds. The maximum atomic E-state index is 13.7. The summed E-state index contributed by atoms with van der Waals surface area (Å²) in [6, 6.07) is 4.35. The van der Waals surface area contributed by atoms with E-state index in [1.165, 1.54) is 12.1 Å². The first kappa shape index (κ1) is 15.1. The molecule has 1 aromatic carbocycles. The van der Waals surface area contributed by atoms with E-state index in [4.69, 9.17) is 4.74 Å². The molecule has 0 saturated carbocycles. The van der Waals surface area contributed by atoms with Crippen LogP contribution in [0.5, 0.6) is 0 Å². The lowest BCUT2D eigenvalue weighted by atomic mass is 10.1. The van der Waals surface area contributed by atoms with Crippen LogP contribution in [0.4, 0.5) is 4.39 Å². The van der Waals surface area contributed by atoms with Gasteiger partial charge in [-0.3, -0.25) is 4.79 Å². The number of ether oxygens (including phenoxy) is 1. The molecule has 1 aromatic rings. The second kappa shape index (κ2) is 6.85. The number of methoxy groups -OCH3 is 1. The summed E-state index contributed by atoms with van der Waals surface area (Å²) in [5, 5.41) is 0. The van der Waals surface area contributed by atoms with Crippen LogP contribution in [0.1, 0.15) is 24.2 Å². The first-order chi connectivity index (χ1) is 8.47. The third-order valence-corrected chi connectivity index (χ3v) is 3.07. The lowest BCUT2D eigenvalue weighted by Crippen LogP contribution is -2.39. The Morgan fingerprint density at radius 2 is 2.17 bits per heavy atom. The van der Waals surface area contributed by atoms with Crippen LogP contribution in [0.2, 0.25) is 0 Å². The van der Waals surface area contributed by atoms with Crippen LogP contribution in [-0.2, 0) is 4.74 Å². The van der Waals surface area contributed by atoms with Crippen LogP contribution in [0.15, 0.2) is 22.7 Å². The molecular weight excluding hydrogens is 301 g/mol. The standard InChI is InChI=1S/C13H17BrFNO2/c1-9(2)16(6-7-18-3)13(17)11-8-10(14)4-5-12(11)15/h4-5,8-9H,6-7H2,1-3H3. The first-order valence-electron chi connectivity index (χ1n) is 5.72. The quantitative estimate of drug-likeness (QED) is 0.835. The van der Waals surface area contributed by atoms with Crippen molar-refractivity contribution in [2.24, 2.45) is 0 Å². The number of nitrogens with zero attached hydrogens (tertiary/aromatic N) is 1. The molecule has 0 aliphatic heterocycles. The first-order valence-corrected chi connectivity index (χ1v) is 6.51. The molecule has 100 valence electrons. The molecule has 0 aromatic heterocycles. The molecule has 0 aliphatic rings. The lowest BCUT2D eigenvalue weighted by molar-refractivity contribution is 0.0630. The number of benzene rings is 1. The van der Waals surface area contributed by atoms with Crippen molar-refractivity contribution in [3.8, 4) is 0 Å². The van der Waals surface area contributed by atoms with Crippen LogP contribution in [0.3, 0.4) is 0 Å². The van der Waals surface area contributed by atoms with Crippen molar-refractivity contribution in [1.82, 2.24) is 4.90 Å². The number of rotatable bonds is 5. The van der Waals surface area contributed by atoms with E-state index in [0.29, 0.717) is 17.6 Å². The zero-order valence-electron chi connectivity index (χ0n) is 10.7. The zero-order valence-corrected chi connectivity index (χ0v) is 12.3. The highest BCUT2D eigenvalue weighted by Gasteiger charge is 2.21. The average Bonchev–Trinajstić information content (AvgIpc) is 2.32. The Kier molecular flexibility index (Phi) is 5.75. The maximum Gasteiger partial charge on any atom is 0.257 e. The van der Waals surface area contributed by atoms with Gasteiger partial charge in [-0.1, -0.05) is 15.9 Å². The number of hydrogen-bond donors (Lipinski definition) is 0. The van der Waals surface area contributed by atoms with Crippen LogP contribution in [0, 0.1) is 5.82 Å². The fourth-order valence-electron chi connectivity index (χ4n) is 1.60. The van der Waals surface area contributed by atoms with Crippen LogP contribution >= 0.6 is 15.9 Å². The van der Waals surface area contributed by atoms with Crippen LogP contribution in [-0.4, -0.2) is 37.1 Å². The number of carbonyl (C=O) groups excluding carboxylic acids is 1. The van der Waals surface area contributed by atoms with Gasteiger partial charge in [-0.2, -0.15) is 0 Å². The topological polar surface area (TPSA) is 29.5 Å². The Balaban J connectivity index is 2.98. The summed E-state index contributed by atoms with van der Waals surface area (Å²) in [4.78, 5) is 13.9. The summed E-state index contributed by atoms with van der Waals surface area (Å²) in [5.41, 5.74) is 0.0779. The Labute approximate surface area is 115 Å². The van der Waals surface area contributed by atoms with Crippen molar-refractivity contribution in [3.63, 3.8) is 0 Å². The zero-order chi connectivity index (χ0) is 13.7. The maximum absolute atomic E-state index is 13.7. The summed E-state index contributed by atoms with van der Waals surface area (Å²) >= 11 is 3.24. The Morgan fingerprint density at radius 1 is 1.50 bits per heavy atom. The van der Waals surface area contributed by atoms with Gasteiger partial charge in [0.05, 0.1) is 12.2 Å². The highest BCUT2D eigenvalue weighted by atomic mass is 79.9. The minimum atomic E-state index is -0.508. The van der Waals surface area contributed by atoms with Crippen LogP contribution < -0.4 is 0 Å². The summed E-state index contributed by atoms with van der Waals surface area (Å²) in [6.45, 7) is 4.66. The smallest absolute Gasteiger partial charge is 0.257 e. The highest BCUT2D eigenvalue weighted by molar-refractivity contribution is 9.10. The van der Waals surface area contributed by atoms with E-state index >= 15 is 0 Å². The molecule has 0 saturated heterocycles. The monoisotopic (exact) mass is 317 g/mol. The van der Waals surface area contributed by atoms with Crippen molar-refractivity contribution in [3.05, 3.63) is 34.1 Å². The Morgan fingerprint density at radius 3 is 2.72 bits per heavy atom. The van der Waals surface area contributed by atoms with E-state index < -0.39 is 5.82 Å². The van der Waals surface area contributed by atoms with Crippen molar-refractivity contribution in [2.75, 3.05) is 20.3 Å².